The van der Waals surface area contributed by atoms with Gasteiger partial charge in [0.2, 0.25) is 5.91 Å². The summed E-state index contributed by atoms with van der Waals surface area (Å²) in [5.74, 6) is 0.322. The third-order valence-corrected chi connectivity index (χ3v) is 4.77. The number of anilines is 1. The second-order valence-electron chi connectivity index (χ2n) is 7.09. The van der Waals surface area contributed by atoms with Gasteiger partial charge in [0.1, 0.15) is 12.2 Å². The van der Waals surface area contributed by atoms with Crippen molar-refractivity contribution in [1.29, 1.82) is 0 Å². The monoisotopic (exact) mass is 385 g/mol. The van der Waals surface area contributed by atoms with E-state index in [4.69, 9.17) is 0 Å². The van der Waals surface area contributed by atoms with E-state index in [1.54, 1.807) is 6.07 Å². The van der Waals surface area contributed by atoms with E-state index in [1.807, 2.05) is 41.9 Å². The van der Waals surface area contributed by atoms with Crippen LogP contribution in [-0.2, 0) is 17.9 Å². The molecule has 0 bridgehead atoms. The largest absolute Gasteiger partial charge is 0.308 e. The number of alkyl halides is 2. The molecular weight excluding hydrogens is 364 g/mol. The Morgan fingerprint density at radius 3 is 2.61 bits per heavy atom. The number of aromatic nitrogens is 4. The predicted octanol–water partition coefficient (Wildman–Crippen LogP) is 3.89. The predicted molar refractivity (Wildman–Crippen MR) is 100 cm³/mol. The Kier molecular flexibility index (Phi) is 4.93. The lowest BCUT2D eigenvalue weighted by atomic mass is 10.2. The van der Waals surface area contributed by atoms with Crippen molar-refractivity contribution in [3.8, 4) is 0 Å². The van der Waals surface area contributed by atoms with Crippen LogP contribution in [-0.4, -0.2) is 25.5 Å². The number of aryl methyl sites for hydroxylation is 1. The van der Waals surface area contributed by atoms with Crippen LogP contribution >= 0.6 is 0 Å². The van der Waals surface area contributed by atoms with Gasteiger partial charge in [0.15, 0.2) is 5.82 Å². The maximum Gasteiger partial charge on any atom is 0.282 e. The van der Waals surface area contributed by atoms with Crippen molar-refractivity contribution in [2.45, 2.75) is 45.2 Å². The molecule has 4 rings (SSSR count). The number of amides is 1. The number of hydrogen-bond donors (Lipinski definition) is 1. The SMILES string of the molecule is Cc1cc(NC(=O)Cn2nc(C(F)F)cc2C2CC2)nn1Cc1ccccc1. The Balaban J connectivity index is 1.44. The fraction of sp³-hybridized carbons (Fsp3) is 0.350. The number of nitrogens with zero attached hydrogens (tertiary/aromatic N) is 4. The van der Waals surface area contributed by atoms with E-state index in [0.717, 1.165) is 24.1 Å². The fourth-order valence-corrected chi connectivity index (χ4v) is 3.20. The van der Waals surface area contributed by atoms with Crippen molar-refractivity contribution in [3.05, 3.63) is 65.1 Å². The Morgan fingerprint density at radius 2 is 1.93 bits per heavy atom. The topological polar surface area (TPSA) is 64.7 Å². The van der Waals surface area contributed by atoms with Gasteiger partial charge in [-0.25, -0.2) is 8.78 Å². The van der Waals surface area contributed by atoms with Crippen molar-refractivity contribution in [1.82, 2.24) is 19.6 Å². The third-order valence-electron chi connectivity index (χ3n) is 4.77. The molecule has 28 heavy (non-hydrogen) atoms. The van der Waals surface area contributed by atoms with E-state index in [9.17, 15) is 13.6 Å². The van der Waals surface area contributed by atoms with E-state index in [-0.39, 0.29) is 24.1 Å². The Labute approximate surface area is 161 Å². The van der Waals surface area contributed by atoms with Gasteiger partial charge in [-0.05, 0) is 31.4 Å². The summed E-state index contributed by atoms with van der Waals surface area (Å²) in [7, 11) is 0. The van der Waals surface area contributed by atoms with Crippen LogP contribution in [0.2, 0.25) is 0 Å². The average molecular weight is 385 g/mol. The van der Waals surface area contributed by atoms with Crippen LogP contribution in [0.5, 0.6) is 0 Å². The molecule has 0 saturated heterocycles. The fourth-order valence-electron chi connectivity index (χ4n) is 3.20. The molecule has 2 aromatic heterocycles. The van der Waals surface area contributed by atoms with Crippen molar-refractivity contribution < 1.29 is 13.6 Å². The standard InChI is InChI=1S/C20H21F2N5O/c1-13-9-18(25-26(13)11-14-5-3-2-4-6-14)23-19(28)12-27-17(15-7-8-15)10-16(24-27)20(21)22/h2-6,9-10,15,20H,7-8,11-12H2,1H3,(H,23,25,28). The highest BCUT2D eigenvalue weighted by atomic mass is 19.3. The summed E-state index contributed by atoms with van der Waals surface area (Å²) in [5, 5.41) is 11.1. The number of benzene rings is 1. The van der Waals surface area contributed by atoms with Gasteiger partial charge in [-0.2, -0.15) is 10.2 Å². The molecule has 1 amide bonds. The molecule has 1 aliphatic rings. The zero-order valence-corrected chi connectivity index (χ0v) is 15.5. The van der Waals surface area contributed by atoms with Crippen LogP contribution in [0, 0.1) is 6.92 Å². The van der Waals surface area contributed by atoms with Crippen molar-refractivity contribution in [2.24, 2.45) is 0 Å². The second kappa shape index (κ2) is 7.53. The molecule has 1 aliphatic carbocycles. The van der Waals surface area contributed by atoms with Crippen LogP contribution in [0.15, 0.2) is 42.5 Å². The number of hydrogen-bond acceptors (Lipinski definition) is 3. The minimum Gasteiger partial charge on any atom is -0.308 e. The smallest absolute Gasteiger partial charge is 0.282 e. The van der Waals surface area contributed by atoms with Crippen molar-refractivity contribution >= 4 is 11.7 Å². The summed E-state index contributed by atoms with van der Waals surface area (Å²) < 4.78 is 29.1. The maximum absolute atomic E-state index is 13.0. The Hall–Kier alpha value is -3.03. The summed E-state index contributed by atoms with van der Waals surface area (Å²) in [6.45, 7) is 2.41. The van der Waals surface area contributed by atoms with Crippen LogP contribution in [0.4, 0.5) is 14.6 Å². The zero-order valence-electron chi connectivity index (χ0n) is 15.5. The minimum atomic E-state index is -2.64. The first-order chi connectivity index (χ1) is 13.5. The summed E-state index contributed by atoms with van der Waals surface area (Å²) in [5.41, 5.74) is 2.45. The number of halogens is 2. The molecule has 0 unspecified atom stereocenters. The summed E-state index contributed by atoms with van der Waals surface area (Å²) >= 11 is 0. The number of carbonyl (C=O) groups is 1. The first-order valence-electron chi connectivity index (χ1n) is 9.23. The Morgan fingerprint density at radius 1 is 1.18 bits per heavy atom. The zero-order chi connectivity index (χ0) is 19.7. The van der Waals surface area contributed by atoms with Crippen LogP contribution in [0.3, 0.4) is 0 Å². The van der Waals surface area contributed by atoms with E-state index in [1.165, 1.54) is 10.7 Å². The van der Waals surface area contributed by atoms with Gasteiger partial charge in [0.05, 0.1) is 6.54 Å². The van der Waals surface area contributed by atoms with E-state index in [2.05, 4.69) is 15.5 Å². The van der Waals surface area contributed by atoms with Crippen LogP contribution in [0.1, 0.15) is 47.8 Å². The van der Waals surface area contributed by atoms with E-state index in [0.29, 0.717) is 18.1 Å². The molecule has 0 aliphatic heterocycles. The lowest BCUT2D eigenvalue weighted by molar-refractivity contribution is -0.117. The molecule has 1 fully saturated rings. The molecule has 8 heteroatoms. The average Bonchev–Trinajstić information content (AvgIpc) is 3.33. The molecule has 1 saturated carbocycles. The highest BCUT2D eigenvalue weighted by Gasteiger charge is 2.30. The molecule has 146 valence electrons. The molecule has 0 spiro atoms. The van der Waals surface area contributed by atoms with Gasteiger partial charge in [-0.1, -0.05) is 30.3 Å². The summed E-state index contributed by atoms with van der Waals surface area (Å²) in [6.07, 6.45) is -0.754. The first kappa shape index (κ1) is 18.3. The van der Waals surface area contributed by atoms with Gasteiger partial charge in [-0.15, -0.1) is 0 Å². The van der Waals surface area contributed by atoms with E-state index < -0.39 is 6.43 Å². The normalized spacial score (nSPS) is 13.9. The third kappa shape index (κ3) is 4.11. The lowest BCUT2D eigenvalue weighted by Gasteiger charge is -2.06. The molecule has 6 nitrogen and oxygen atoms in total. The molecule has 0 radical (unpaired) electrons. The van der Waals surface area contributed by atoms with Crippen LogP contribution < -0.4 is 5.32 Å². The van der Waals surface area contributed by atoms with Gasteiger partial charge in [0, 0.05) is 23.4 Å². The lowest BCUT2D eigenvalue weighted by Crippen LogP contribution is -2.21. The maximum atomic E-state index is 13.0. The Bertz CT molecular complexity index is 976. The quantitative estimate of drug-likeness (QED) is 0.671. The number of carbonyl (C=O) groups excluding carboxylic acids is 1. The molecule has 1 aromatic carbocycles. The summed E-state index contributed by atoms with van der Waals surface area (Å²) in [6, 6.07) is 13.1. The minimum absolute atomic E-state index is 0.108. The number of rotatable bonds is 7. The summed E-state index contributed by atoms with van der Waals surface area (Å²) in [4.78, 5) is 12.4. The van der Waals surface area contributed by atoms with E-state index >= 15 is 0 Å². The molecular formula is C20H21F2N5O. The van der Waals surface area contributed by atoms with Crippen molar-refractivity contribution in [2.75, 3.05) is 5.32 Å². The molecule has 1 N–H and O–H groups in total. The highest BCUT2D eigenvalue weighted by Crippen LogP contribution is 2.41. The second-order valence-corrected chi connectivity index (χ2v) is 7.09. The van der Waals surface area contributed by atoms with Gasteiger partial charge >= 0.3 is 0 Å². The first-order valence-corrected chi connectivity index (χ1v) is 9.23. The molecule has 2 heterocycles. The van der Waals surface area contributed by atoms with Crippen molar-refractivity contribution in [3.63, 3.8) is 0 Å². The van der Waals surface area contributed by atoms with Gasteiger partial charge in [-0.3, -0.25) is 14.2 Å². The van der Waals surface area contributed by atoms with Crippen LogP contribution in [0.25, 0.3) is 0 Å². The highest BCUT2D eigenvalue weighted by molar-refractivity contribution is 5.89. The molecule has 0 atom stereocenters. The van der Waals surface area contributed by atoms with Gasteiger partial charge < -0.3 is 5.32 Å². The van der Waals surface area contributed by atoms with Gasteiger partial charge in [0.25, 0.3) is 6.43 Å². The molecule has 3 aromatic rings. The number of nitrogens with one attached hydrogen (secondary N) is 1.